The van der Waals surface area contributed by atoms with Gasteiger partial charge in [0.05, 0.1) is 6.67 Å². The van der Waals surface area contributed by atoms with E-state index in [1.807, 2.05) is 25.1 Å². The van der Waals surface area contributed by atoms with Crippen molar-refractivity contribution in [1.29, 1.82) is 0 Å². The molecule has 2 heteroatoms. The van der Waals surface area contributed by atoms with Crippen LogP contribution in [0.25, 0.3) is 0 Å². The van der Waals surface area contributed by atoms with Crippen LogP contribution in [0.3, 0.4) is 0 Å². The fourth-order valence-electron chi connectivity index (χ4n) is 1.41. The van der Waals surface area contributed by atoms with E-state index in [4.69, 9.17) is 11.6 Å². The smallest absolute Gasteiger partial charge is 0.0963 e. The van der Waals surface area contributed by atoms with E-state index in [9.17, 15) is 4.39 Å². The molecule has 13 heavy (non-hydrogen) atoms. The second-order valence-electron chi connectivity index (χ2n) is 3.01. The SMILES string of the molecule is [CH2]C(CF)c1cccc(Cl)c1CC. The lowest BCUT2D eigenvalue weighted by Crippen LogP contribution is -2.01. The van der Waals surface area contributed by atoms with Gasteiger partial charge in [0, 0.05) is 10.9 Å². The minimum atomic E-state index is -0.437. The van der Waals surface area contributed by atoms with E-state index in [2.05, 4.69) is 6.92 Å². The highest BCUT2D eigenvalue weighted by Gasteiger charge is 2.11. The zero-order chi connectivity index (χ0) is 9.84. The number of hydrogen-bond donors (Lipinski definition) is 0. The summed E-state index contributed by atoms with van der Waals surface area (Å²) in [7, 11) is 0. The second kappa shape index (κ2) is 4.61. The van der Waals surface area contributed by atoms with E-state index in [-0.39, 0.29) is 5.92 Å². The van der Waals surface area contributed by atoms with Gasteiger partial charge in [0.15, 0.2) is 0 Å². The number of alkyl halides is 1. The molecule has 0 N–H and O–H groups in total. The standard InChI is InChI=1S/C11H13ClF/c1-3-9-10(8(2)7-13)5-4-6-11(9)12/h4-6,8H,2-3,7H2,1H3. The quantitative estimate of drug-likeness (QED) is 0.695. The Kier molecular flexibility index (Phi) is 3.73. The lowest BCUT2D eigenvalue weighted by molar-refractivity contribution is 0.464. The fraction of sp³-hybridized carbons (Fsp3) is 0.364. The molecular formula is C11H13ClF. The highest BCUT2D eigenvalue weighted by atomic mass is 35.5. The molecule has 1 rings (SSSR count). The molecule has 0 aliphatic rings. The van der Waals surface area contributed by atoms with Gasteiger partial charge < -0.3 is 0 Å². The first kappa shape index (κ1) is 10.5. The predicted molar refractivity (Wildman–Crippen MR) is 54.9 cm³/mol. The van der Waals surface area contributed by atoms with Gasteiger partial charge in [0.1, 0.15) is 0 Å². The molecule has 71 valence electrons. The van der Waals surface area contributed by atoms with E-state index >= 15 is 0 Å². The van der Waals surface area contributed by atoms with Crippen LogP contribution in [0.4, 0.5) is 4.39 Å². The van der Waals surface area contributed by atoms with Crippen molar-refractivity contribution >= 4 is 11.6 Å². The normalized spacial score (nSPS) is 12.9. The summed E-state index contributed by atoms with van der Waals surface area (Å²) in [6.45, 7) is 5.32. The maximum absolute atomic E-state index is 12.4. The molecule has 1 aromatic carbocycles. The van der Waals surface area contributed by atoms with Crippen LogP contribution in [-0.2, 0) is 6.42 Å². The summed E-state index contributed by atoms with van der Waals surface area (Å²) in [5.74, 6) is -0.298. The van der Waals surface area contributed by atoms with Crippen molar-refractivity contribution in [3.8, 4) is 0 Å². The topological polar surface area (TPSA) is 0 Å². The summed E-state index contributed by atoms with van der Waals surface area (Å²) >= 11 is 5.98. The number of rotatable bonds is 3. The van der Waals surface area contributed by atoms with Crippen LogP contribution in [0, 0.1) is 6.92 Å². The van der Waals surface area contributed by atoms with Crippen molar-refractivity contribution in [3.05, 3.63) is 41.3 Å². The highest BCUT2D eigenvalue weighted by molar-refractivity contribution is 6.31. The Labute approximate surface area is 83.7 Å². The summed E-state index contributed by atoms with van der Waals surface area (Å²) in [5.41, 5.74) is 1.94. The van der Waals surface area contributed by atoms with Gasteiger partial charge in [-0.1, -0.05) is 30.7 Å². The predicted octanol–water partition coefficient (Wildman–Crippen LogP) is 3.79. The Morgan fingerprint density at radius 2 is 2.23 bits per heavy atom. The molecule has 0 aliphatic heterocycles. The average Bonchev–Trinajstić information content (AvgIpc) is 2.16. The molecule has 0 saturated heterocycles. The lowest BCUT2D eigenvalue weighted by atomic mass is 9.95. The fourth-order valence-corrected chi connectivity index (χ4v) is 1.73. The van der Waals surface area contributed by atoms with Crippen LogP contribution in [0.5, 0.6) is 0 Å². The summed E-state index contributed by atoms with van der Waals surface area (Å²) in [4.78, 5) is 0. The van der Waals surface area contributed by atoms with Crippen molar-refractivity contribution in [2.24, 2.45) is 0 Å². The summed E-state index contributed by atoms with van der Waals surface area (Å²) < 4.78 is 12.4. The first-order valence-electron chi connectivity index (χ1n) is 4.37. The molecule has 0 aromatic heterocycles. The minimum absolute atomic E-state index is 0.298. The van der Waals surface area contributed by atoms with Crippen LogP contribution < -0.4 is 0 Å². The maximum atomic E-state index is 12.4. The lowest BCUT2D eigenvalue weighted by Gasteiger charge is -2.13. The molecule has 0 amide bonds. The molecule has 0 bridgehead atoms. The Morgan fingerprint density at radius 1 is 1.54 bits per heavy atom. The van der Waals surface area contributed by atoms with Gasteiger partial charge in [-0.3, -0.25) is 4.39 Å². The van der Waals surface area contributed by atoms with Crippen molar-refractivity contribution in [3.63, 3.8) is 0 Å². The number of benzene rings is 1. The van der Waals surface area contributed by atoms with Gasteiger partial charge in [-0.05, 0) is 30.5 Å². The number of halogens is 2. The molecule has 0 heterocycles. The minimum Gasteiger partial charge on any atom is -0.250 e. The Bertz CT molecular complexity index is 283. The Hall–Kier alpha value is -0.560. The first-order valence-corrected chi connectivity index (χ1v) is 4.74. The van der Waals surface area contributed by atoms with Gasteiger partial charge in [0.2, 0.25) is 0 Å². The maximum Gasteiger partial charge on any atom is 0.0963 e. The first-order chi connectivity index (χ1) is 6.20. The van der Waals surface area contributed by atoms with Gasteiger partial charge in [-0.25, -0.2) is 0 Å². The van der Waals surface area contributed by atoms with Crippen molar-refractivity contribution < 1.29 is 4.39 Å². The zero-order valence-electron chi connectivity index (χ0n) is 7.69. The molecule has 0 spiro atoms. The molecule has 1 atom stereocenters. The largest absolute Gasteiger partial charge is 0.250 e. The molecule has 1 radical (unpaired) electrons. The molecule has 0 fully saturated rings. The van der Waals surface area contributed by atoms with Gasteiger partial charge in [0.25, 0.3) is 0 Å². The van der Waals surface area contributed by atoms with Gasteiger partial charge >= 0.3 is 0 Å². The molecule has 0 aliphatic carbocycles. The van der Waals surface area contributed by atoms with Crippen LogP contribution >= 0.6 is 11.6 Å². The van der Waals surface area contributed by atoms with E-state index in [0.717, 1.165) is 17.5 Å². The summed E-state index contributed by atoms with van der Waals surface area (Å²) in [5, 5.41) is 0.710. The zero-order valence-corrected chi connectivity index (χ0v) is 8.44. The third-order valence-corrected chi connectivity index (χ3v) is 2.49. The second-order valence-corrected chi connectivity index (χ2v) is 3.42. The van der Waals surface area contributed by atoms with E-state index < -0.39 is 6.67 Å². The highest BCUT2D eigenvalue weighted by Crippen LogP contribution is 2.26. The van der Waals surface area contributed by atoms with Crippen LogP contribution in [0.15, 0.2) is 18.2 Å². The molecule has 0 nitrogen and oxygen atoms in total. The number of hydrogen-bond acceptors (Lipinski definition) is 0. The molecular weight excluding hydrogens is 187 g/mol. The van der Waals surface area contributed by atoms with Gasteiger partial charge in [-0.15, -0.1) is 0 Å². The van der Waals surface area contributed by atoms with Crippen molar-refractivity contribution in [2.45, 2.75) is 19.3 Å². The van der Waals surface area contributed by atoms with Gasteiger partial charge in [-0.2, -0.15) is 0 Å². The average molecular weight is 200 g/mol. The third kappa shape index (κ3) is 2.22. The molecule has 0 saturated carbocycles. The monoisotopic (exact) mass is 199 g/mol. The Morgan fingerprint density at radius 3 is 2.77 bits per heavy atom. The van der Waals surface area contributed by atoms with E-state index in [1.165, 1.54) is 0 Å². The summed E-state index contributed by atoms with van der Waals surface area (Å²) in [6, 6.07) is 5.56. The summed E-state index contributed by atoms with van der Waals surface area (Å²) in [6.07, 6.45) is 0.820. The molecule has 1 aromatic rings. The van der Waals surface area contributed by atoms with Crippen LogP contribution in [-0.4, -0.2) is 6.67 Å². The van der Waals surface area contributed by atoms with Crippen molar-refractivity contribution in [1.82, 2.24) is 0 Å². The van der Waals surface area contributed by atoms with E-state index in [0.29, 0.717) is 5.02 Å². The Balaban J connectivity index is 3.12. The van der Waals surface area contributed by atoms with Crippen LogP contribution in [0.1, 0.15) is 24.0 Å². The van der Waals surface area contributed by atoms with E-state index in [1.54, 1.807) is 0 Å². The molecule has 1 unspecified atom stereocenters. The van der Waals surface area contributed by atoms with Crippen LogP contribution in [0.2, 0.25) is 5.02 Å². The van der Waals surface area contributed by atoms with Crippen molar-refractivity contribution in [2.75, 3.05) is 6.67 Å². The third-order valence-electron chi connectivity index (χ3n) is 2.13.